The van der Waals surface area contributed by atoms with Crippen molar-refractivity contribution in [3.8, 4) is 44.8 Å². The Hall–Kier alpha value is -7.88. The lowest BCUT2D eigenvalue weighted by atomic mass is 9.99. The van der Waals surface area contributed by atoms with Crippen LogP contribution in [0.15, 0.2) is 224 Å². The van der Waals surface area contributed by atoms with Crippen LogP contribution in [0.4, 0.5) is 0 Å². The van der Waals surface area contributed by atoms with Crippen LogP contribution in [0.1, 0.15) is 11.1 Å². The molecule has 0 unspecified atom stereocenters. The SMILES string of the molecule is N/C(=C\Cc1ccc(-c2ccc(-n3c4ccc(-c5ccccc5)cc4c4cc(-c5ccc6c(c5)c5ccccc5n6-c5ccccc5)ccc43)cc2)cc1)c1ccccc1. The summed E-state index contributed by atoms with van der Waals surface area (Å²) in [7, 11) is 0. The van der Waals surface area contributed by atoms with Crippen molar-refractivity contribution < 1.29 is 0 Å². The number of hydrogen-bond acceptors (Lipinski definition) is 1. The van der Waals surface area contributed by atoms with Crippen molar-refractivity contribution in [3.05, 3.63) is 236 Å². The number of fused-ring (bicyclic) bond motifs is 6. The average molecular weight is 768 g/mol. The van der Waals surface area contributed by atoms with E-state index in [1.165, 1.54) is 88.2 Å². The molecule has 0 saturated carbocycles. The molecular formula is C57H41N3. The quantitative estimate of drug-likeness (QED) is 0.164. The molecule has 2 heterocycles. The van der Waals surface area contributed by atoms with E-state index in [1.54, 1.807) is 0 Å². The first-order valence-corrected chi connectivity index (χ1v) is 20.6. The zero-order valence-corrected chi connectivity index (χ0v) is 33.0. The molecule has 284 valence electrons. The fourth-order valence-corrected chi connectivity index (χ4v) is 8.91. The van der Waals surface area contributed by atoms with Gasteiger partial charge in [-0.1, -0.05) is 158 Å². The Balaban J connectivity index is 0.980. The van der Waals surface area contributed by atoms with Crippen LogP contribution in [-0.2, 0) is 6.42 Å². The second-order valence-electron chi connectivity index (χ2n) is 15.6. The van der Waals surface area contributed by atoms with Gasteiger partial charge >= 0.3 is 0 Å². The minimum atomic E-state index is 0.786. The Kier molecular flexibility index (Phi) is 8.71. The lowest BCUT2D eigenvalue weighted by molar-refractivity contribution is 1.18. The van der Waals surface area contributed by atoms with Crippen LogP contribution in [0, 0.1) is 0 Å². The van der Waals surface area contributed by atoms with Gasteiger partial charge in [0, 0.05) is 38.6 Å². The molecule has 60 heavy (non-hydrogen) atoms. The summed E-state index contributed by atoms with van der Waals surface area (Å²) in [4.78, 5) is 0. The van der Waals surface area contributed by atoms with Gasteiger partial charge in [-0.25, -0.2) is 0 Å². The van der Waals surface area contributed by atoms with Crippen LogP contribution in [0.25, 0.3) is 94.1 Å². The van der Waals surface area contributed by atoms with Gasteiger partial charge in [0.15, 0.2) is 0 Å². The molecule has 0 spiro atoms. The summed E-state index contributed by atoms with van der Waals surface area (Å²) >= 11 is 0. The van der Waals surface area contributed by atoms with Gasteiger partial charge < -0.3 is 14.9 Å². The van der Waals surface area contributed by atoms with Gasteiger partial charge in [-0.15, -0.1) is 0 Å². The van der Waals surface area contributed by atoms with Crippen molar-refractivity contribution in [2.24, 2.45) is 5.73 Å². The number of benzene rings is 9. The minimum absolute atomic E-state index is 0.786. The lowest BCUT2D eigenvalue weighted by Gasteiger charge is -2.11. The summed E-state index contributed by atoms with van der Waals surface area (Å²) in [5.74, 6) is 0. The number of nitrogens with zero attached hydrogens (tertiary/aromatic N) is 2. The summed E-state index contributed by atoms with van der Waals surface area (Å²) < 4.78 is 4.79. The van der Waals surface area contributed by atoms with E-state index in [0.717, 1.165) is 23.4 Å². The molecule has 3 nitrogen and oxygen atoms in total. The molecule has 0 amide bonds. The third-order valence-corrected chi connectivity index (χ3v) is 12.0. The summed E-state index contributed by atoms with van der Waals surface area (Å²) in [6, 6.07) is 78.8. The van der Waals surface area contributed by atoms with E-state index in [0.29, 0.717) is 0 Å². The van der Waals surface area contributed by atoms with E-state index in [1.807, 2.05) is 30.3 Å². The number of para-hydroxylation sites is 2. The van der Waals surface area contributed by atoms with Crippen molar-refractivity contribution >= 4 is 49.3 Å². The molecule has 0 atom stereocenters. The first-order valence-electron chi connectivity index (χ1n) is 20.6. The highest BCUT2D eigenvalue weighted by molar-refractivity contribution is 6.13. The molecule has 0 bridgehead atoms. The molecule has 0 aliphatic rings. The van der Waals surface area contributed by atoms with E-state index >= 15 is 0 Å². The van der Waals surface area contributed by atoms with Crippen LogP contribution in [-0.4, -0.2) is 9.13 Å². The predicted molar refractivity (Wildman–Crippen MR) is 254 cm³/mol. The van der Waals surface area contributed by atoms with Crippen LogP contribution in [0.5, 0.6) is 0 Å². The Morgan fingerprint density at radius 3 is 1.33 bits per heavy atom. The smallest absolute Gasteiger partial charge is 0.0541 e. The number of allylic oxidation sites excluding steroid dienone is 1. The molecule has 0 fully saturated rings. The molecule has 0 aliphatic heterocycles. The van der Waals surface area contributed by atoms with Crippen LogP contribution in [0.2, 0.25) is 0 Å². The maximum Gasteiger partial charge on any atom is 0.0541 e. The van der Waals surface area contributed by atoms with E-state index in [-0.39, 0.29) is 0 Å². The zero-order chi connectivity index (χ0) is 40.0. The zero-order valence-electron chi connectivity index (χ0n) is 33.0. The predicted octanol–water partition coefficient (Wildman–Crippen LogP) is 14.4. The molecule has 0 radical (unpaired) electrons. The minimum Gasteiger partial charge on any atom is -0.398 e. The number of rotatable bonds is 8. The second-order valence-corrected chi connectivity index (χ2v) is 15.6. The van der Waals surface area contributed by atoms with Crippen molar-refractivity contribution in [2.75, 3.05) is 0 Å². The van der Waals surface area contributed by atoms with Gasteiger partial charge in [-0.3, -0.25) is 0 Å². The summed E-state index contributed by atoms with van der Waals surface area (Å²) in [5.41, 5.74) is 23.7. The largest absolute Gasteiger partial charge is 0.398 e. The van der Waals surface area contributed by atoms with Crippen molar-refractivity contribution in [1.29, 1.82) is 0 Å². The molecule has 2 N–H and O–H groups in total. The summed E-state index contributed by atoms with van der Waals surface area (Å²) in [5, 5.41) is 4.97. The molecule has 2 aromatic heterocycles. The maximum absolute atomic E-state index is 6.37. The Morgan fingerprint density at radius 1 is 0.350 bits per heavy atom. The van der Waals surface area contributed by atoms with E-state index < -0.39 is 0 Å². The highest BCUT2D eigenvalue weighted by atomic mass is 15.0. The number of hydrogen-bond donors (Lipinski definition) is 1. The van der Waals surface area contributed by atoms with Crippen LogP contribution < -0.4 is 5.73 Å². The standard InChI is InChI=1S/C57H41N3/c58-53(43-14-6-2-7-15-43)32-22-39-20-23-41(24-21-39)42-25-30-48(31-26-42)60-56-33-27-44(40-12-4-1-5-13-40)36-51(56)52-38-46(29-35-57(52)60)45-28-34-55-50(37-45)49-18-10-11-19-54(49)59(55)47-16-8-3-9-17-47/h1-21,23-38H,22,58H2/b53-32-. The number of nitrogens with two attached hydrogens (primary N) is 1. The van der Waals surface area contributed by atoms with E-state index in [4.69, 9.17) is 5.73 Å². The second kappa shape index (κ2) is 14.8. The first-order chi connectivity index (χ1) is 29.7. The van der Waals surface area contributed by atoms with E-state index in [2.05, 4.69) is 203 Å². The Bertz CT molecular complexity index is 3350. The van der Waals surface area contributed by atoms with Gasteiger partial charge in [0.2, 0.25) is 0 Å². The molecule has 11 aromatic rings. The summed E-state index contributed by atoms with van der Waals surface area (Å²) in [6.07, 6.45) is 2.88. The Morgan fingerprint density at radius 2 is 0.750 bits per heavy atom. The maximum atomic E-state index is 6.37. The van der Waals surface area contributed by atoms with Gasteiger partial charge in [-0.05, 0) is 118 Å². The first kappa shape index (κ1) is 35.3. The lowest BCUT2D eigenvalue weighted by Crippen LogP contribution is -1.97. The van der Waals surface area contributed by atoms with E-state index in [9.17, 15) is 0 Å². The third-order valence-electron chi connectivity index (χ3n) is 12.0. The summed E-state index contributed by atoms with van der Waals surface area (Å²) in [6.45, 7) is 0. The van der Waals surface area contributed by atoms with Crippen LogP contribution >= 0.6 is 0 Å². The van der Waals surface area contributed by atoms with Gasteiger partial charge in [0.25, 0.3) is 0 Å². The third kappa shape index (κ3) is 6.25. The monoisotopic (exact) mass is 767 g/mol. The Labute approximate surface area is 349 Å². The molecule has 0 aliphatic carbocycles. The van der Waals surface area contributed by atoms with Crippen LogP contribution in [0.3, 0.4) is 0 Å². The van der Waals surface area contributed by atoms with Gasteiger partial charge in [-0.2, -0.15) is 0 Å². The molecule has 9 aromatic carbocycles. The van der Waals surface area contributed by atoms with Gasteiger partial charge in [0.1, 0.15) is 0 Å². The van der Waals surface area contributed by atoms with Gasteiger partial charge in [0.05, 0.1) is 22.1 Å². The average Bonchev–Trinajstić information content (AvgIpc) is 3.83. The molecule has 0 saturated heterocycles. The topological polar surface area (TPSA) is 35.9 Å². The highest BCUT2D eigenvalue weighted by Crippen LogP contribution is 2.40. The molecular weight excluding hydrogens is 727 g/mol. The molecule has 3 heteroatoms. The fraction of sp³-hybridized carbons (Fsp3) is 0.0175. The van der Waals surface area contributed by atoms with Crippen molar-refractivity contribution in [2.45, 2.75) is 6.42 Å². The van der Waals surface area contributed by atoms with Crippen molar-refractivity contribution in [1.82, 2.24) is 9.13 Å². The fourth-order valence-electron chi connectivity index (χ4n) is 8.91. The highest BCUT2D eigenvalue weighted by Gasteiger charge is 2.17. The van der Waals surface area contributed by atoms with Crippen molar-refractivity contribution in [3.63, 3.8) is 0 Å². The normalized spacial score (nSPS) is 11.9. The molecule has 11 rings (SSSR count). The number of aromatic nitrogens is 2.